The van der Waals surface area contributed by atoms with E-state index in [0.717, 1.165) is 52.1 Å². The molecule has 3 aromatic carbocycles. The van der Waals surface area contributed by atoms with Gasteiger partial charge in [0.1, 0.15) is 5.75 Å². The van der Waals surface area contributed by atoms with E-state index >= 15 is 0 Å². The molecule has 0 saturated heterocycles. The van der Waals surface area contributed by atoms with Gasteiger partial charge in [-0.1, -0.05) is 42.5 Å². The topological polar surface area (TPSA) is 75.1 Å². The molecule has 192 valence electrons. The predicted molar refractivity (Wildman–Crippen MR) is 150 cm³/mol. The standard InChI is InChI=1S/C33H33N3O2/c37-28-9-7-26(8-10-28)30-20-34-32(36-31(38)15-21-5-6-25-3-1-2-4-27(25)14-21)29(35-30)19-33-16-22-11-23(17-33)13-24(12-22)18-33/h1-10,14,20,22-24,37H,11-13,15-19H2,(H,34,36,38). The van der Waals surface area contributed by atoms with Gasteiger partial charge in [0.05, 0.1) is 24.0 Å². The van der Waals surface area contributed by atoms with Crippen molar-refractivity contribution >= 4 is 22.5 Å². The second-order valence-corrected chi connectivity index (χ2v) is 12.1. The first-order valence-electron chi connectivity index (χ1n) is 13.9. The van der Waals surface area contributed by atoms with Gasteiger partial charge in [-0.15, -0.1) is 0 Å². The quantitative estimate of drug-likeness (QED) is 0.299. The number of phenols is 1. The molecule has 4 saturated carbocycles. The molecule has 5 heteroatoms. The zero-order valence-electron chi connectivity index (χ0n) is 21.6. The Hall–Kier alpha value is -3.73. The monoisotopic (exact) mass is 503 g/mol. The summed E-state index contributed by atoms with van der Waals surface area (Å²) in [6, 6.07) is 21.5. The van der Waals surface area contributed by atoms with Crippen LogP contribution < -0.4 is 5.32 Å². The number of amides is 1. The van der Waals surface area contributed by atoms with Crippen molar-refractivity contribution in [2.75, 3.05) is 5.32 Å². The molecule has 0 atom stereocenters. The molecule has 0 radical (unpaired) electrons. The molecular weight excluding hydrogens is 470 g/mol. The van der Waals surface area contributed by atoms with Crippen LogP contribution in [0.4, 0.5) is 5.82 Å². The van der Waals surface area contributed by atoms with E-state index < -0.39 is 0 Å². The first-order chi connectivity index (χ1) is 18.5. The third-order valence-corrected chi connectivity index (χ3v) is 9.15. The van der Waals surface area contributed by atoms with Crippen LogP contribution in [0.2, 0.25) is 0 Å². The number of nitrogens with zero attached hydrogens (tertiary/aromatic N) is 2. The lowest BCUT2D eigenvalue weighted by atomic mass is 9.48. The highest BCUT2D eigenvalue weighted by Gasteiger charge is 2.51. The maximum absolute atomic E-state index is 13.2. The van der Waals surface area contributed by atoms with Crippen molar-refractivity contribution in [3.8, 4) is 17.0 Å². The van der Waals surface area contributed by atoms with Crippen molar-refractivity contribution in [1.29, 1.82) is 0 Å². The van der Waals surface area contributed by atoms with E-state index in [-0.39, 0.29) is 17.1 Å². The van der Waals surface area contributed by atoms with Gasteiger partial charge in [-0.2, -0.15) is 0 Å². The summed E-state index contributed by atoms with van der Waals surface area (Å²) in [5, 5.41) is 15.2. The molecule has 4 aliphatic rings. The lowest BCUT2D eigenvalue weighted by molar-refractivity contribution is -0.115. The molecule has 5 nitrogen and oxygen atoms in total. The van der Waals surface area contributed by atoms with Crippen LogP contribution in [0.3, 0.4) is 0 Å². The Morgan fingerprint density at radius 2 is 1.58 bits per heavy atom. The third kappa shape index (κ3) is 4.55. The molecule has 0 aliphatic heterocycles. The van der Waals surface area contributed by atoms with Gasteiger partial charge in [-0.05, 0) is 109 Å². The van der Waals surface area contributed by atoms with Crippen molar-refractivity contribution in [3.05, 3.63) is 84.2 Å². The molecule has 4 aromatic rings. The summed E-state index contributed by atoms with van der Waals surface area (Å²) >= 11 is 0. The number of fused-ring (bicyclic) bond motifs is 1. The van der Waals surface area contributed by atoms with Crippen molar-refractivity contribution < 1.29 is 9.90 Å². The van der Waals surface area contributed by atoms with Crippen LogP contribution in [0.15, 0.2) is 72.9 Å². The summed E-state index contributed by atoms with van der Waals surface area (Å²) in [6.07, 6.45) is 10.9. The summed E-state index contributed by atoms with van der Waals surface area (Å²) < 4.78 is 0. The second kappa shape index (κ2) is 9.23. The second-order valence-electron chi connectivity index (χ2n) is 12.1. The number of carbonyl (C=O) groups is 1. The van der Waals surface area contributed by atoms with Crippen LogP contribution in [0.1, 0.15) is 49.8 Å². The Labute approximate surface area is 223 Å². The maximum atomic E-state index is 13.2. The molecule has 1 aromatic heterocycles. The number of nitrogens with one attached hydrogen (secondary N) is 1. The van der Waals surface area contributed by atoms with Gasteiger partial charge >= 0.3 is 0 Å². The summed E-state index contributed by atoms with van der Waals surface area (Å²) in [6.45, 7) is 0. The molecule has 4 fully saturated rings. The fraction of sp³-hybridized carbons (Fsp3) is 0.364. The number of benzene rings is 3. The fourth-order valence-electron chi connectivity index (χ4n) is 8.00. The Kier molecular flexibility index (Phi) is 5.68. The maximum Gasteiger partial charge on any atom is 0.229 e. The summed E-state index contributed by atoms with van der Waals surface area (Å²) in [5.41, 5.74) is 3.84. The highest BCUT2D eigenvalue weighted by Crippen LogP contribution is 2.61. The first kappa shape index (κ1) is 23.4. The van der Waals surface area contributed by atoms with E-state index in [1.165, 1.54) is 43.9 Å². The van der Waals surface area contributed by atoms with E-state index in [0.29, 0.717) is 12.2 Å². The fourth-order valence-corrected chi connectivity index (χ4v) is 8.00. The lowest BCUT2D eigenvalue weighted by Crippen LogP contribution is -2.47. The predicted octanol–water partition coefficient (Wildman–Crippen LogP) is 6.94. The minimum Gasteiger partial charge on any atom is -0.508 e. The molecular formula is C33H33N3O2. The van der Waals surface area contributed by atoms with Crippen LogP contribution in [0.5, 0.6) is 5.75 Å². The number of carbonyl (C=O) groups excluding carboxylic acids is 1. The molecule has 4 aliphatic carbocycles. The lowest BCUT2D eigenvalue weighted by Gasteiger charge is -2.57. The molecule has 1 heterocycles. The molecule has 8 rings (SSSR count). The van der Waals surface area contributed by atoms with Crippen LogP contribution >= 0.6 is 0 Å². The Morgan fingerprint density at radius 1 is 0.895 bits per heavy atom. The van der Waals surface area contributed by atoms with Gasteiger partial charge in [-0.3, -0.25) is 4.79 Å². The number of hydrogen-bond donors (Lipinski definition) is 2. The molecule has 2 N–H and O–H groups in total. The zero-order valence-corrected chi connectivity index (χ0v) is 21.6. The zero-order chi connectivity index (χ0) is 25.7. The smallest absolute Gasteiger partial charge is 0.229 e. The number of aromatic hydroxyl groups is 1. The number of aromatic nitrogens is 2. The van der Waals surface area contributed by atoms with Gasteiger partial charge in [0.25, 0.3) is 0 Å². The van der Waals surface area contributed by atoms with Gasteiger partial charge in [0.15, 0.2) is 5.82 Å². The summed E-state index contributed by atoms with van der Waals surface area (Å²) in [5.74, 6) is 3.29. The number of phenolic OH excluding ortho intramolecular Hbond substituents is 1. The highest BCUT2D eigenvalue weighted by atomic mass is 16.3. The normalized spacial score (nSPS) is 25.5. The molecule has 0 unspecified atom stereocenters. The van der Waals surface area contributed by atoms with E-state index in [4.69, 9.17) is 9.97 Å². The largest absolute Gasteiger partial charge is 0.508 e. The molecule has 1 amide bonds. The van der Waals surface area contributed by atoms with Crippen molar-refractivity contribution in [2.45, 2.75) is 51.4 Å². The van der Waals surface area contributed by atoms with Gasteiger partial charge in [-0.25, -0.2) is 9.97 Å². The summed E-state index contributed by atoms with van der Waals surface area (Å²) in [7, 11) is 0. The average Bonchev–Trinajstić information content (AvgIpc) is 2.89. The van der Waals surface area contributed by atoms with Crippen molar-refractivity contribution in [3.63, 3.8) is 0 Å². The van der Waals surface area contributed by atoms with Crippen LogP contribution in [0, 0.1) is 23.2 Å². The van der Waals surface area contributed by atoms with Crippen molar-refractivity contribution in [2.24, 2.45) is 23.2 Å². The number of hydrogen-bond acceptors (Lipinski definition) is 4. The van der Waals surface area contributed by atoms with Gasteiger partial charge in [0, 0.05) is 5.56 Å². The number of rotatable bonds is 6. The molecule has 4 bridgehead atoms. The average molecular weight is 504 g/mol. The van der Waals surface area contributed by atoms with E-state index in [2.05, 4.69) is 29.6 Å². The van der Waals surface area contributed by atoms with Gasteiger partial charge in [0.2, 0.25) is 5.91 Å². The SMILES string of the molecule is O=C(Cc1ccc2ccccc2c1)Nc1ncc(-c2ccc(O)cc2)nc1CC12CC3CC(CC(C3)C1)C2. The minimum atomic E-state index is -0.0706. The van der Waals surface area contributed by atoms with Crippen LogP contribution in [-0.2, 0) is 17.6 Å². The highest BCUT2D eigenvalue weighted by molar-refractivity contribution is 5.93. The number of anilines is 1. The minimum absolute atomic E-state index is 0.0706. The van der Waals surface area contributed by atoms with E-state index in [9.17, 15) is 9.90 Å². The Balaban J connectivity index is 1.18. The molecule has 38 heavy (non-hydrogen) atoms. The van der Waals surface area contributed by atoms with Crippen LogP contribution in [0.25, 0.3) is 22.0 Å². The summed E-state index contributed by atoms with van der Waals surface area (Å²) in [4.78, 5) is 23.1. The first-order valence-corrected chi connectivity index (χ1v) is 13.9. The molecule has 0 spiro atoms. The Morgan fingerprint density at radius 3 is 2.29 bits per heavy atom. The Bertz CT molecular complexity index is 1480. The van der Waals surface area contributed by atoms with E-state index in [1.807, 2.05) is 30.3 Å². The van der Waals surface area contributed by atoms with E-state index in [1.54, 1.807) is 18.3 Å². The van der Waals surface area contributed by atoms with Gasteiger partial charge < -0.3 is 10.4 Å². The van der Waals surface area contributed by atoms with Crippen molar-refractivity contribution in [1.82, 2.24) is 9.97 Å². The van der Waals surface area contributed by atoms with Crippen LogP contribution in [-0.4, -0.2) is 21.0 Å². The third-order valence-electron chi connectivity index (χ3n) is 9.15.